The van der Waals surface area contributed by atoms with E-state index in [1.807, 2.05) is 47.0 Å². The first-order valence-corrected chi connectivity index (χ1v) is 14.5. The smallest absolute Gasteiger partial charge is 0.355 e. The van der Waals surface area contributed by atoms with E-state index >= 15 is 0 Å². The van der Waals surface area contributed by atoms with Crippen molar-refractivity contribution >= 4 is 5.91 Å². The largest absolute Gasteiger partial charge is 0.416 e. The minimum absolute atomic E-state index is 0.00168. The fourth-order valence-electron chi connectivity index (χ4n) is 5.75. The number of alkyl halides is 3. The highest BCUT2D eigenvalue weighted by Crippen LogP contribution is 2.34. The fraction of sp³-hybridized carbons (Fsp3) is 0.324. The third kappa shape index (κ3) is 7.90. The maximum absolute atomic E-state index is 13.5. The van der Waals surface area contributed by atoms with Crippen LogP contribution < -0.4 is 5.32 Å². The lowest BCUT2D eigenvalue weighted by molar-refractivity contribution is -0.137. The van der Waals surface area contributed by atoms with Gasteiger partial charge >= 0.3 is 6.18 Å². The molecule has 1 N–H and O–H groups in total. The molecule has 1 saturated heterocycles. The summed E-state index contributed by atoms with van der Waals surface area (Å²) in [5.74, 6) is -0.435. The SMILES string of the molecule is N#Cc1ccc(Cn2cncc2CCNC(=O)[C@H]2CCCN(CC(c3ccccc3)c3cccc(C(F)(F)F)c3)C2)cc1. The molecule has 9 heteroatoms. The number of carbonyl (C=O) groups excluding carboxylic acids is 1. The first-order valence-electron chi connectivity index (χ1n) is 14.5. The molecule has 3 aromatic carbocycles. The van der Waals surface area contributed by atoms with E-state index in [1.54, 1.807) is 30.7 Å². The Kier molecular flexibility index (Phi) is 9.58. The summed E-state index contributed by atoms with van der Waals surface area (Å²) in [7, 11) is 0. The van der Waals surface area contributed by atoms with Crippen molar-refractivity contribution in [1.82, 2.24) is 19.8 Å². The van der Waals surface area contributed by atoms with Crippen molar-refractivity contribution in [1.29, 1.82) is 5.26 Å². The van der Waals surface area contributed by atoms with E-state index < -0.39 is 11.7 Å². The van der Waals surface area contributed by atoms with Crippen LogP contribution in [0, 0.1) is 17.2 Å². The van der Waals surface area contributed by atoms with E-state index in [0.717, 1.165) is 42.3 Å². The molecule has 5 rings (SSSR count). The zero-order chi connectivity index (χ0) is 30.2. The number of benzene rings is 3. The van der Waals surface area contributed by atoms with Crippen molar-refractivity contribution in [3.05, 3.63) is 125 Å². The molecular weight excluding hydrogens is 551 g/mol. The van der Waals surface area contributed by atoms with Gasteiger partial charge in [0, 0.05) is 50.4 Å². The second-order valence-corrected chi connectivity index (χ2v) is 11.0. The van der Waals surface area contributed by atoms with Crippen LogP contribution in [0.5, 0.6) is 0 Å². The van der Waals surface area contributed by atoms with Crippen LogP contribution in [0.3, 0.4) is 0 Å². The molecule has 0 aliphatic carbocycles. The third-order valence-electron chi connectivity index (χ3n) is 8.05. The molecule has 0 saturated carbocycles. The zero-order valence-corrected chi connectivity index (χ0v) is 23.8. The van der Waals surface area contributed by atoms with Crippen LogP contribution >= 0.6 is 0 Å². The first kappa shape index (κ1) is 30.1. The molecule has 0 spiro atoms. The lowest BCUT2D eigenvalue weighted by Gasteiger charge is -2.35. The van der Waals surface area contributed by atoms with Crippen LogP contribution in [0.15, 0.2) is 91.4 Å². The number of halogens is 3. The second-order valence-electron chi connectivity index (χ2n) is 11.0. The van der Waals surface area contributed by atoms with Crippen LogP contribution in [-0.2, 0) is 23.9 Å². The van der Waals surface area contributed by atoms with Crippen molar-refractivity contribution in [3.63, 3.8) is 0 Å². The van der Waals surface area contributed by atoms with Crippen LogP contribution in [0.4, 0.5) is 13.2 Å². The summed E-state index contributed by atoms with van der Waals surface area (Å²) in [6.45, 7) is 2.99. The van der Waals surface area contributed by atoms with E-state index in [9.17, 15) is 18.0 Å². The highest BCUT2D eigenvalue weighted by atomic mass is 19.4. The van der Waals surface area contributed by atoms with Gasteiger partial charge in [0.25, 0.3) is 0 Å². The summed E-state index contributed by atoms with van der Waals surface area (Å²) in [5.41, 5.74) is 3.59. The summed E-state index contributed by atoms with van der Waals surface area (Å²) >= 11 is 0. The summed E-state index contributed by atoms with van der Waals surface area (Å²) in [5, 5.41) is 12.1. The number of hydrogen-bond donors (Lipinski definition) is 1. The van der Waals surface area contributed by atoms with Gasteiger partial charge in [0.2, 0.25) is 5.91 Å². The molecule has 1 aliphatic heterocycles. The van der Waals surface area contributed by atoms with Gasteiger partial charge in [0.15, 0.2) is 0 Å². The molecule has 4 aromatic rings. The number of likely N-dealkylation sites (tertiary alicyclic amines) is 1. The number of imidazole rings is 1. The van der Waals surface area contributed by atoms with Crippen molar-refractivity contribution in [2.24, 2.45) is 5.92 Å². The molecule has 0 radical (unpaired) electrons. The Bertz CT molecular complexity index is 1540. The first-order chi connectivity index (χ1) is 20.8. The third-order valence-corrected chi connectivity index (χ3v) is 8.05. The van der Waals surface area contributed by atoms with Crippen LogP contribution in [0.1, 0.15) is 52.3 Å². The van der Waals surface area contributed by atoms with Crippen LogP contribution in [0.2, 0.25) is 0 Å². The summed E-state index contributed by atoms with van der Waals surface area (Å²) in [4.78, 5) is 19.7. The van der Waals surface area contributed by atoms with Crippen LogP contribution in [0.25, 0.3) is 0 Å². The number of piperidine rings is 1. The van der Waals surface area contributed by atoms with Crippen molar-refractivity contribution in [2.75, 3.05) is 26.2 Å². The van der Waals surface area contributed by atoms with Gasteiger partial charge in [-0.15, -0.1) is 0 Å². The number of nitriles is 1. The molecule has 1 unspecified atom stereocenters. The van der Waals surface area contributed by atoms with Gasteiger partial charge in [0.05, 0.1) is 29.4 Å². The number of aromatic nitrogens is 2. The molecule has 6 nitrogen and oxygen atoms in total. The molecule has 2 atom stereocenters. The highest BCUT2D eigenvalue weighted by molar-refractivity contribution is 5.79. The monoisotopic (exact) mass is 585 g/mol. The molecule has 43 heavy (non-hydrogen) atoms. The number of nitrogens with one attached hydrogen (secondary N) is 1. The Morgan fingerprint density at radius 2 is 1.81 bits per heavy atom. The van der Waals surface area contributed by atoms with Gasteiger partial charge in [-0.1, -0.05) is 60.7 Å². The lowest BCUT2D eigenvalue weighted by Crippen LogP contribution is -2.44. The number of amides is 1. The molecule has 2 heterocycles. The highest BCUT2D eigenvalue weighted by Gasteiger charge is 2.32. The van der Waals surface area contributed by atoms with Crippen molar-refractivity contribution < 1.29 is 18.0 Å². The molecule has 0 bridgehead atoms. The maximum atomic E-state index is 13.5. The lowest BCUT2D eigenvalue weighted by atomic mass is 9.88. The Labute approximate surface area is 249 Å². The van der Waals surface area contributed by atoms with E-state index in [4.69, 9.17) is 5.26 Å². The van der Waals surface area contributed by atoms with E-state index in [0.29, 0.717) is 43.7 Å². The minimum atomic E-state index is -4.41. The topological polar surface area (TPSA) is 74.0 Å². The Hall–Kier alpha value is -4.42. The summed E-state index contributed by atoms with van der Waals surface area (Å²) in [6, 6.07) is 24.7. The molecule has 1 aliphatic rings. The van der Waals surface area contributed by atoms with Crippen LogP contribution in [-0.4, -0.2) is 46.5 Å². The number of nitrogens with zero attached hydrogens (tertiary/aromatic N) is 4. The quantitative estimate of drug-likeness (QED) is 0.247. The van der Waals surface area contributed by atoms with Crippen molar-refractivity contribution in [2.45, 2.75) is 37.9 Å². The van der Waals surface area contributed by atoms with Gasteiger partial charge in [-0.25, -0.2) is 4.98 Å². The molecule has 1 amide bonds. The Morgan fingerprint density at radius 1 is 1.05 bits per heavy atom. The predicted octanol–water partition coefficient (Wildman–Crippen LogP) is 6.02. The van der Waals surface area contributed by atoms with E-state index in [-0.39, 0.29) is 17.7 Å². The molecule has 222 valence electrons. The van der Waals surface area contributed by atoms with Gasteiger partial charge in [-0.3, -0.25) is 4.79 Å². The predicted molar refractivity (Wildman–Crippen MR) is 158 cm³/mol. The standard InChI is InChI=1S/C34H34F3N5O/c35-34(36,37)30-10-4-8-28(18-30)32(27-6-2-1-3-7-27)23-41-17-5-9-29(22-41)33(43)40-16-15-31-20-39-24-42(31)21-26-13-11-25(19-38)12-14-26/h1-4,6-8,10-14,18,20,24,29,32H,5,9,15-17,21-23H2,(H,40,43)/t29-,32?/m0/s1. The molecule has 1 aromatic heterocycles. The zero-order valence-electron chi connectivity index (χ0n) is 23.8. The summed E-state index contributed by atoms with van der Waals surface area (Å²) in [6.07, 6.45) is 1.41. The second kappa shape index (κ2) is 13.7. The summed E-state index contributed by atoms with van der Waals surface area (Å²) < 4.78 is 42.5. The van der Waals surface area contributed by atoms with Gasteiger partial charge in [-0.2, -0.15) is 18.4 Å². The number of carbonyl (C=O) groups is 1. The maximum Gasteiger partial charge on any atom is 0.416 e. The average Bonchev–Trinajstić information content (AvgIpc) is 3.47. The average molecular weight is 586 g/mol. The van der Waals surface area contributed by atoms with Gasteiger partial charge in [-0.05, 0) is 54.3 Å². The van der Waals surface area contributed by atoms with E-state index in [1.165, 1.54) is 12.1 Å². The molecular formula is C34H34F3N5O. The fourth-order valence-corrected chi connectivity index (χ4v) is 5.75. The van der Waals surface area contributed by atoms with Gasteiger partial charge in [0.1, 0.15) is 0 Å². The normalized spacial score (nSPS) is 16.4. The number of hydrogen-bond acceptors (Lipinski definition) is 4. The Balaban J connectivity index is 1.19. The van der Waals surface area contributed by atoms with E-state index in [2.05, 4.69) is 21.3 Å². The van der Waals surface area contributed by atoms with Gasteiger partial charge < -0.3 is 14.8 Å². The minimum Gasteiger partial charge on any atom is -0.355 e. The Morgan fingerprint density at radius 3 is 2.56 bits per heavy atom. The number of rotatable bonds is 10. The molecule has 1 fully saturated rings. The van der Waals surface area contributed by atoms with Crippen molar-refractivity contribution in [3.8, 4) is 6.07 Å².